The van der Waals surface area contributed by atoms with Crippen LogP contribution in [0.5, 0.6) is 0 Å². The summed E-state index contributed by atoms with van der Waals surface area (Å²) in [7, 11) is 0. The van der Waals surface area contributed by atoms with E-state index in [2.05, 4.69) is 65.2 Å². The highest BCUT2D eigenvalue weighted by Crippen LogP contribution is 2.26. The predicted octanol–water partition coefficient (Wildman–Crippen LogP) is 3.00. The molecule has 2 heterocycles. The topological polar surface area (TPSA) is 45.2 Å². The second kappa shape index (κ2) is 6.34. The van der Waals surface area contributed by atoms with E-state index in [1.807, 2.05) is 0 Å². The molecule has 1 fully saturated rings. The maximum Gasteiger partial charge on any atom is 0.228 e. The Morgan fingerprint density at radius 1 is 0.739 bits per heavy atom. The Bertz CT molecular complexity index is 499. The Labute approximate surface area is 141 Å². The molecule has 1 aliphatic heterocycles. The molecule has 0 radical (unpaired) electrons. The quantitative estimate of drug-likeness (QED) is 0.838. The van der Waals surface area contributed by atoms with Gasteiger partial charge >= 0.3 is 0 Å². The molecule has 23 heavy (non-hydrogen) atoms. The summed E-state index contributed by atoms with van der Waals surface area (Å²) in [6, 6.07) is 0.603. The van der Waals surface area contributed by atoms with Crippen LogP contribution in [0.1, 0.15) is 67.0 Å². The number of piperazine rings is 1. The average Bonchev–Trinajstić information content (AvgIpc) is 2.45. The second-order valence-electron chi connectivity index (χ2n) is 8.90. The second-order valence-corrected chi connectivity index (χ2v) is 8.90. The molecule has 0 amide bonds. The summed E-state index contributed by atoms with van der Waals surface area (Å²) >= 11 is 0. The van der Waals surface area contributed by atoms with Gasteiger partial charge in [-0.2, -0.15) is 9.97 Å². The zero-order valence-electron chi connectivity index (χ0n) is 16.1. The van der Waals surface area contributed by atoms with Gasteiger partial charge in [-0.15, -0.1) is 0 Å². The van der Waals surface area contributed by atoms with Gasteiger partial charge in [-0.05, 0) is 13.8 Å². The summed E-state index contributed by atoms with van der Waals surface area (Å²) < 4.78 is 0. The maximum atomic E-state index is 4.80. The molecule has 0 saturated carbocycles. The summed E-state index contributed by atoms with van der Waals surface area (Å²) in [6.45, 7) is 21.6. The fourth-order valence-electron chi connectivity index (χ4n) is 2.62. The zero-order valence-corrected chi connectivity index (χ0v) is 16.1. The molecule has 0 aliphatic carbocycles. The van der Waals surface area contributed by atoms with Crippen molar-refractivity contribution in [2.45, 2.75) is 72.3 Å². The zero-order chi connectivity index (χ0) is 17.4. The van der Waals surface area contributed by atoms with E-state index in [1.165, 1.54) is 0 Å². The lowest BCUT2D eigenvalue weighted by Crippen LogP contribution is -2.49. The molecule has 0 atom stereocenters. The highest BCUT2D eigenvalue weighted by Gasteiger charge is 2.28. The van der Waals surface area contributed by atoms with Crippen molar-refractivity contribution in [1.29, 1.82) is 0 Å². The molecule has 1 aromatic heterocycles. The summed E-state index contributed by atoms with van der Waals surface area (Å²) in [5.41, 5.74) is -0.144. The van der Waals surface area contributed by atoms with Crippen molar-refractivity contribution in [3.8, 4) is 0 Å². The molecule has 0 spiro atoms. The first-order valence-electron chi connectivity index (χ1n) is 8.74. The molecule has 5 heteroatoms. The molecule has 0 bridgehead atoms. The van der Waals surface area contributed by atoms with Crippen LogP contribution in [-0.2, 0) is 10.8 Å². The van der Waals surface area contributed by atoms with Crippen molar-refractivity contribution in [3.05, 3.63) is 11.6 Å². The van der Waals surface area contributed by atoms with Crippen LogP contribution in [-0.4, -0.2) is 52.1 Å². The molecular weight excluding hydrogens is 286 g/mol. The van der Waals surface area contributed by atoms with Crippen LogP contribution < -0.4 is 4.90 Å². The van der Waals surface area contributed by atoms with Crippen LogP contribution in [0.3, 0.4) is 0 Å². The van der Waals surface area contributed by atoms with E-state index in [-0.39, 0.29) is 10.8 Å². The first-order chi connectivity index (χ1) is 10.5. The normalized spacial score (nSPS) is 17.9. The average molecular weight is 319 g/mol. The fraction of sp³-hybridized carbons (Fsp3) is 0.833. The van der Waals surface area contributed by atoms with Gasteiger partial charge in [0.1, 0.15) is 11.6 Å². The third kappa shape index (κ3) is 4.40. The van der Waals surface area contributed by atoms with Gasteiger partial charge in [0.05, 0.1) is 0 Å². The number of nitrogens with zero attached hydrogens (tertiary/aromatic N) is 5. The molecule has 2 rings (SSSR count). The predicted molar refractivity (Wildman–Crippen MR) is 96.1 cm³/mol. The monoisotopic (exact) mass is 319 g/mol. The third-order valence-electron chi connectivity index (χ3n) is 4.29. The minimum Gasteiger partial charge on any atom is -0.338 e. The molecule has 130 valence electrons. The van der Waals surface area contributed by atoms with Crippen molar-refractivity contribution in [2.24, 2.45) is 0 Å². The van der Waals surface area contributed by atoms with Gasteiger partial charge in [-0.25, -0.2) is 4.98 Å². The molecule has 1 aliphatic rings. The van der Waals surface area contributed by atoms with Gasteiger partial charge in [0.25, 0.3) is 0 Å². The van der Waals surface area contributed by atoms with Gasteiger partial charge in [0, 0.05) is 43.1 Å². The molecule has 1 aromatic rings. The van der Waals surface area contributed by atoms with Crippen molar-refractivity contribution in [2.75, 3.05) is 31.1 Å². The van der Waals surface area contributed by atoms with Crippen molar-refractivity contribution in [1.82, 2.24) is 19.9 Å². The number of aromatic nitrogens is 3. The van der Waals surface area contributed by atoms with Crippen LogP contribution >= 0.6 is 0 Å². The van der Waals surface area contributed by atoms with E-state index in [1.54, 1.807) is 0 Å². The van der Waals surface area contributed by atoms with Crippen molar-refractivity contribution >= 4 is 5.95 Å². The van der Waals surface area contributed by atoms with Crippen LogP contribution in [0.25, 0.3) is 0 Å². The molecule has 0 aromatic carbocycles. The van der Waals surface area contributed by atoms with Crippen molar-refractivity contribution in [3.63, 3.8) is 0 Å². The van der Waals surface area contributed by atoms with E-state index in [4.69, 9.17) is 15.0 Å². The van der Waals surface area contributed by atoms with Crippen LogP contribution in [0.2, 0.25) is 0 Å². The maximum absolute atomic E-state index is 4.80. The first kappa shape index (κ1) is 18.1. The van der Waals surface area contributed by atoms with Gasteiger partial charge in [-0.3, -0.25) is 4.90 Å². The highest BCUT2D eigenvalue weighted by atomic mass is 15.3. The lowest BCUT2D eigenvalue weighted by molar-refractivity contribution is 0.208. The Kier molecular flexibility index (Phi) is 5.00. The number of rotatable bonds is 2. The lowest BCUT2D eigenvalue weighted by atomic mass is 9.93. The van der Waals surface area contributed by atoms with Crippen LogP contribution in [0.4, 0.5) is 5.95 Å². The summed E-state index contributed by atoms with van der Waals surface area (Å²) in [6.07, 6.45) is 0. The third-order valence-corrected chi connectivity index (χ3v) is 4.29. The molecular formula is C18H33N5. The number of anilines is 1. The standard InChI is InChI=1S/C18H33N5/c1-13(2)22-9-11-23(12-10-22)16-20-14(17(3,4)5)19-15(21-16)18(6,7)8/h13H,9-12H2,1-8H3. The SMILES string of the molecule is CC(C)N1CCN(c2nc(C(C)(C)C)nc(C(C)(C)C)n2)CC1. The number of hydrogen-bond donors (Lipinski definition) is 0. The summed E-state index contributed by atoms with van der Waals surface area (Å²) in [5.74, 6) is 2.62. The molecule has 0 N–H and O–H groups in total. The fourth-order valence-corrected chi connectivity index (χ4v) is 2.62. The van der Waals surface area contributed by atoms with Gasteiger partial charge in [0.15, 0.2) is 0 Å². The van der Waals surface area contributed by atoms with E-state index in [0.717, 1.165) is 43.8 Å². The van der Waals surface area contributed by atoms with E-state index in [9.17, 15) is 0 Å². The highest BCUT2D eigenvalue weighted by molar-refractivity contribution is 5.33. The number of hydrogen-bond acceptors (Lipinski definition) is 5. The lowest BCUT2D eigenvalue weighted by Gasteiger charge is -2.37. The van der Waals surface area contributed by atoms with Crippen LogP contribution in [0.15, 0.2) is 0 Å². The van der Waals surface area contributed by atoms with Gasteiger partial charge < -0.3 is 4.90 Å². The minimum absolute atomic E-state index is 0.0720. The molecule has 5 nitrogen and oxygen atoms in total. The molecule has 0 unspecified atom stereocenters. The van der Waals surface area contributed by atoms with E-state index < -0.39 is 0 Å². The summed E-state index contributed by atoms with van der Waals surface area (Å²) in [4.78, 5) is 19.2. The van der Waals surface area contributed by atoms with Gasteiger partial charge in [0.2, 0.25) is 5.95 Å². The van der Waals surface area contributed by atoms with E-state index in [0.29, 0.717) is 6.04 Å². The Morgan fingerprint density at radius 3 is 1.52 bits per heavy atom. The van der Waals surface area contributed by atoms with E-state index >= 15 is 0 Å². The Balaban J connectivity index is 2.32. The minimum atomic E-state index is -0.0720. The first-order valence-corrected chi connectivity index (χ1v) is 8.74. The largest absolute Gasteiger partial charge is 0.338 e. The van der Waals surface area contributed by atoms with Crippen molar-refractivity contribution < 1.29 is 0 Å². The smallest absolute Gasteiger partial charge is 0.228 e. The summed E-state index contributed by atoms with van der Waals surface area (Å²) in [5, 5.41) is 0. The van der Waals surface area contributed by atoms with Gasteiger partial charge in [-0.1, -0.05) is 41.5 Å². The Morgan fingerprint density at radius 2 is 1.17 bits per heavy atom. The van der Waals surface area contributed by atoms with Crippen LogP contribution in [0, 0.1) is 0 Å². The Hall–Kier alpha value is -1.23. The molecule has 1 saturated heterocycles.